The van der Waals surface area contributed by atoms with Gasteiger partial charge in [-0.2, -0.15) is 0 Å². The first-order valence-electron chi connectivity index (χ1n) is 11.0. The molecule has 1 heterocycles. The van der Waals surface area contributed by atoms with Crippen LogP contribution in [0.4, 0.5) is 0 Å². The number of hydrogen-bond donors (Lipinski definition) is 0. The number of fused-ring (bicyclic) bond motifs is 2. The maximum absolute atomic E-state index is 6.32. The van der Waals surface area contributed by atoms with Gasteiger partial charge in [0.05, 0.1) is 11.4 Å². The van der Waals surface area contributed by atoms with E-state index in [9.17, 15) is 0 Å². The summed E-state index contributed by atoms with van der Waals surface area (Å²) in [6, 6.07) is 42.2. The summed E-state index contributed by atoms with van der Waals surface area (Å²) in [5.74, 6) is 0. The Hall–Kier alpha value is -3.94. The van der Waals surface area contributed by atoms with Gasteiger partial charge in [0.2, 0.25) is 0 Å². The molecule has 0 N–H and O–H groups in total. The first kappa shape index (κ1) is 19.7. The van der Waals surface area contributed by atoms with Gasteiger partial charge in [-0.3, -0.25) is 0 Å². The Bertz CT molecular complexity index is 1540. The molecular formula is C31H20ClN. The highest BCUT2D eigenvalue weighted by Crippen LogP contribution is 2.33. The zero-order chi connectivity index (χ0) is 22.2. The van der Waals surface area contributed by atoms with E-state index in [0.29, 0.717) is 0 Å². The molecule has 2 heteroatoms. The lowest BCUT2D eigenvalue weighted by molar-refractivity contribution is 1.33. The second-order valence-electron chi connectivity index (χ2n) is 8.26. The molecule has 0 aliphatic heterocycles. The highest BCUT2D eigenvalue weighted by Gasteiger charge is 2.10. The minimum absolute atomic E-state index is 0.726. The minimum atomic E-state index is 0.726. The number of aromatic nitrogens is 1. The molecule has 0 saturated carbocycles. The fourth-order valence-corrected chi connectivity index (χ4v) is 4.55. The summed E-state index contributed by atoms with van der Waals surface area (Å²) in [6.07, 6.45) is 0. The molecule has 0 fully saturated rings. The highest BCUT2D eigenvalue weighted by atomic mass is 35.5. The van der Waals surface area contributed by atoms with E-state index < -0.39 is 0 Å². The lowest BCUT2D eigenvalue weighted by Crippen LogP contribution is -1.92. The van der Waals surface area contributed by atoms with Crippen LogP contribution >= 0.6 is 11.6 Å². The predicted molar refractivity (Wildman–Crippen MR) is 141 cm³/mol. The summed E-state index contributed by atoms with van der Waals surface area (Å²) in [5, 5.41) is 5.59. The Kier molecular flexibility index (Phi) is 4.90. The molecule has 33 heavy (non-hydrogen) atoms. The maximum Gasteiger partial charge on any atom is 0.0715 e. The molecule has 6 rings (SSSR count). The zero-order valence-electron chi connectivity index (χ0n) is 17.9. The van der Waals surface area contributed by atoms with Crippen molar-refractivity contribution < 1.29 is 0 Å². The fourth-order valence-electron chi connectivity index (χ4n) is 4.36. The van der Waals surface area contributed by atoms with E-state index >= 15 is 0 Å². The summed E-state index contributed by atoms with van der Waals surface area (Å²) < 4.78 is 0. The first-order chi connectivity index (χ1) is 16.2. The number of rotatable bonds is 3. The van der Waals surface area contributed by atoms with E-state index in [1.54, 1.807) is 0 Å². The average molecular weight is 442 g/mol. The Labute approximate surface area is 197 Å². The van der Waals surface area contributed by atoms with Crippen LogP contribution in [0.5, 0.6) is 0 Å². The molecule has 156 valence electrons. The van der Waals surface area contributed by atoms with Crippen LogP contribution in [0.25, 0.3) is 55.2 Å². The van der Waals surface area contributed by atoms with Gasteiger partial charge >= 0.3 is 0 Å². The van der Waals surface area contributed by atoms with Crippen molar-refractivity contribution in [3.63, 3.8) is 0 Å². The van der Waals surface area contributed by atoms with Gasteiger partial charge in [0, 0.05) is 16.1 Å². The van der Waals surface area contributed by atoms with Crippen LogP contribution in [0.3, 0.4) is 0 Å². The normalized spacial score (nSPS) is 11.2. The van der Waals surface area contributed by atoms with Crippen LogP contribution in [-0.2, 0) is 0 Å². The van der Waals surface area contributed by atoms with E-state index in [-0.39, 0.29) is 0 Å². The van der Waals surface area contributed by atoms with Crippen LogP contribution in [0.2, 0.25) is 5.02 Å². The minimum Gasteiger partial charge on any atom is -0.248 e. The number of hydrogen-bond acceptors (Lipinski definition) is 1. The topological polar surface area (TPSA) is 12.9 Å². The van der Waals surface area contributed by atoms with Crippen LogP contribution in [0, 0.1) is 0 Å². The Balaban J connectivity index is 1.57. The molecule has 0 radical (unpaired) electrons. The Morgan fingerprint density at radius 1 is 0.394 bits per heavy atom. The summed E-state index contributed by atoms with van der Waals surface area (Å²) in [5.41, 5.74) is 6.26. The van der Waals surface area contributed by atoms with Gasteiger partial charge < -0.3 is 0 Å². The quantitative estimate of drug-likeness (QED) is 0.267. The van der Waals surface area contributed by atoms with E-state index in [1.165, 1.54) is 21.5 Å². The third kappa shape index (κ3) is 3.88. The third-order valence-corrected chi connectivity index (χ3v) is 6.31. The first-order valence-corrected chi connectivity index (χ1v) is 11.4. The Morgan fingerprint density at radius 3 is 1.48 bits per heavy atom. The largest absolute Gasteiger partial charge is 0.248 e. The lowest BCUT2D eigenvalue weighted by Gasteiger charge is -2.12. The highest BCUT2D eigenvalue weighted by molar-refractivity contribution is 6.30. The smallest absolute Gasteiger partial charge is 0.0715 e. The lowest BCUT2D eigenvalue weighted by atomic mass is 9.98. The molecule has 0 bridgehead atoms. The second kappa shape index (κ2) is 8.20. The van der Waals surface area contributed by atoms with E-state index in [1.807, 2.05) is 18.2 Å². The monoisotopic (exact) mass is 441 g/mol. The molecule has 0 amide bonds. The summed E-state index contributed by atoms with van der Waals surface area (Å²) in [6.45, 7) is 0. The fraction of sp³-hybridized carbons (Fsp3) is 0. The van der Waals surface area contributed by atoms with Crippen LogP contribution in [-0.4, -0.2) is 4.98 Å². The van der Waals surface area contributed by atoms with E-state index in [0.717, 1.165) is 38.7 Å². The van der Waals surface area contributed by atoms with E-state index in [4.69, 9.17) is 16.6 Å². The van der Waals surface area contributed by atoms with Crippen molar-refractivity contribution in [2.45, 2.75) is 0 Å². The van der Waals surface area contributed by atoms with Crippen molar-refractivity contribution >= 4 is 33.1 Å². The molecule has 1 aromatic heterocycles. The number of nitrogens with zero attached hydrogens (tertiary/aromatic N) is 1. The van der Waals surface area contributed by atoms with Gasteiger partial charge in [-0.15, -0.1) is 0 Å². The van der Waals surface area contributed by atoms with Crippen molar-refractivity contribution in [1.82, 2.24) is 4.98 Å². The van der Waals surface area contributed by atoms with Gasteiger partial charge in [0.15, 0.2) is 0 Å². The predicted octanol–water partition coefficient (Wildman–Crippen LogP) is 9.04. The molecule has 0 unspecified atom stereocenters. The van der Waals surface area contributed by atoms with Crippen molar-refractivity contribution in [2.75, 3.05) is 0 Å². The number of pyridine rings is 1. The van der Waals surface area contributed by atoms with Gasteiger partial charge in [-0.1, -0.05) is 96.5 Å². The van der Waals surface area contributed by atoms with Crippen LogP contribution in [0.15, 0.2) is 121 Å². The van der Waals surface area contributed by atoms with Crippen molar-refractivity contribution in [3.8, 4) is 33.6 Å². The molecule has 5 aromatic carbocycles. The van der Waals surface area contributed by atoms with Gasteiger partial charge in [-0.05, 0) is 69.1 Å². The summed E-state index contributed by atoms with van der Waals surface area (Å²) in [7, 11) is 0. The van der Waals surface area contributed by atoms with Crippen LogP contribution < -0.4 is 0 Å². The number of benzene rings is 5. The van der Waals surface area contributed by atoms with Crippen molar-refractivity contribution in [3.05, 3.63) is 126 Å². The molecule has 0 spiro atoms. The third-order valence-electron chi connectivity index (χ3n) is 6.07. The van der Waals surface area contributed by atoms with Gasteiger partial charge in [0.25, 0.3) is 0 Å². The van der Waals surface area contributed by atoms with Crippen molar-refractivity contribution in [1.29, 1.82) is 0 Å². The van der Waals surface area contributed by atoms with Gasteiger partial charge in [-0.25, -0.2) is 4.98 Å². The van der Waals surface area contributed by atoms with Crippen molar-refractivity contribution in [2.24, 2.45) is 0 Å². The number of halogens is 1. The van der Waals surface area contributed by atoms with Crippen LogP contribution in [0.1, 0.15) is 0 Å². The zero-order valence-corrected chi connectivity index (χ0v) is 18.6. The van der Waals surface area contributed by atoms with E-state index in [2.05, 4.69) is 103 Å². The molecular weight excluding hydrogens is 422 g/mol. The SMILES string of the molecule is Clc1cccc(-c2cc(-c3ccc4ccccc4c3)nc(-c3ccc4ccccc4c3)c2)c1. The molecule has 0 saturated heterocycles. The summed E-state index contributed by atoms with van der Waals surface area (Å²) >= 11 is 6.32. The van der Waals surface area contributed by atoms with Gasteiger partial charge in [0.1, 0.15) is 0 Å². The molecule has 0 aliphatic carbocycles. The molecule has 0 atom stereocenters. The maximum atomic E-state index is 6.32. The Morgan fingerprint density at radius 2 is 0.939 bits per heavy atom. The molecule has 6 aromatic rings. The molecule has 1 nitrogen and oxygen atoms in total. The average Bonchev–Trinajstić information content (AvgIpc) is 2.88. The molecule has 0 aliphatic rings. The second-order valence-corrected chi connectivity index (χ2v) is 8.70. The standard InChI is InChI=1S/C31H20ClN/c32-29-11-5-10-25(18-29)28-19-30(26-14-12-21-6-1-3-8-23(21)16-26)33-31(20-28)27-15-13-22-7-2-4-9-24(22)17-27/h1-20H. The summed E-state index contributed by atoms with van der Waals surface area (Å²) in [4.78, 5) is 5.10.